The number of benzene rings is 1. The lowest BCUT2D eigenvalue weighted by atomic mass is 10.3. The zero-order valence-corrected chi connectivity index (χ0v) is 20.0. The third kappa shape index (κ3) is 7.51. The Morgan fingerprint density at radius 3 is 2.55 bits per heavy atom. The second-order valence-electron chi connectivity index (χ2n) is 6.28. The number of ether oxygens (including phenoxy) is 1. The third-order valence-corrected chi connectivity index (χ3v) is 5.52. The smallest absolute Gasteiger partial charge is 0.229 e. The molecular weight excluding hydrogens is 527 g/mol. The summed E-state index contributed by atoms with van der Waals surface area (Å²) >= 11 is 1.64. The topological polar surface area (TPSA) is 113 Å². The van der Waals surface area contributed by atoms with Crippen LogP contribution in [0.15, 0.2) is 40.8 Å². The summed E-state index contributed by atoms with van der Waals surface area (Å²) in [5.74, 6) is 1.17. The van der Waals surface area contributed by atoms with E-state index in [0.717, 1.165) is 37.6 Å². The normalized spacial score (nSPS) is 15.0. The van der Waals surface area contributed by atoms with E-state index in [1.54, 1.807) is 35.6 Å². The second kappa shape index (κ2) is 10.8. The number of nitrogens with zero attached hydrogens (tertiary/aromatic N) is 4. The fourth-order valence-corrected chi connectivity index (χ4v) is 4.02. The van der Waals surface area contributed by atoms with Crippen LogP contribution in [0.4, 0.5) is 10.8 Å². The molecule has 3 N–H and O–H groups in total. The average Bonchev–Trinajstić information content (AvgIpc) is 3.20. The van der Waals surface area contributed by atoms with Crippen molar-refractivity contribution in [3.8, 4) is 5.75 Å². The van der Waals surface area contributed by atoms with E-state index >= 15 is 0 Å². The molecule has 0 amide bonds. The van der Waals surface area contributed by atoms with Crippen molar-refractivity contribution in [1.82, 2.24) is 9.88 Å². The van der Waals surface area contributed by atoms with Crippen molar-refractivity contribution < 1.29 is 13.2 Å². The van der Waals surface area contributed by atoms with Crippen LogP contribution in [-0.2, 0) is 10.0 Å². The summed E-state index contributed by atoms with van der Waals surface area (Å²) in [6.07, 6.45) is 2.93. The highest BCUT2D eigenvalue weighted by Gasteiger charge is 2.19. The van der Waals surface area contributed by atoms with Crippen LogP contribution < -0.4 is 20.1 Å². The van der Waals surface area contributed by atoms with Gasteiger partial charge in [0.1, 0.15) is 12.4 Å². The number of hydrogen-bond donors (Lipinski definition) is 2. The number of hydrogen-bond acceptors (Lipinski definition) is 7. The zero-order valence-electron chi connectivity index (χ0n) is 16.0. The molecule has 0 bridgehead atoms. The summed E-state index contributed by atoms with van der Waals surface area (Å²) in [6.45, 7) is 4.19. The molecule has 0 radical (unpaired) electrons. The van der Waals surface area contributed by atoms with Crippen LogP contribution in [0.25, 0.3) is 0 Å². The molecule has 3 rings (SSSR count). The molecule has 0 aliphatic carbocycles. The van der Waals surface area contributed by atoms with E-state index in [9.17, 15) is 8.42 Å². The fourth-order valence-electron chi connectivity index (χ4n) is 2.76. The van der Waals surface area contributed by atoms with Gasteiger partial charge in [0.05, 0.1) is 12.8 Å². The lowest BCUT2D eigenvalue weighted by Crippen LogP contribution is -2.51. The largest absolute Gasteiger partial charge is 0.492 e. The van der Waals surface area contributed by atoms with E-state index in [-0.39, 0.29) is 24.0 Å². The standard InChI is InChI=1S/C17H24N6O3S2.HI/c1-28(24,25)21-14-2-4-15(5-3-14)26-12-6-19-16(18)22-8-10-23(11-9-22)17-20-7-13-27-17;/h2-5,7,13,21H,6,8-12H2,1H3,(H2,18,19);1H. The van der Waals surface area contributed by atoms with Crippen molar-refractivity contribution in [2.24, 2.45) is 10.7 Å². The van der Waals surface area contributed by atoms with Gasteiger partial charge in [0.15, 0.2) is 11.1 Å². The molecule has 2 aromatic rings. The quantitative estimate of drug-likeness (QED) is 0.233. The minimum atomic E-state index is -3.28. The van der Waals surface area contributed by atoms with Crippen molar-refractivity contribution in [2.45, 2.75) is 0 Å². The lowest BCUT2D eigenvalue weighted by Gasteiger charge is -2.35. The maximum atomic E-state index is 11.2. The first-order valence-corrected chi connectivity index (χ1v) is 11.6. The molecule has 9 nitrogen and oxygen atoms in total. The lowest BCUT2D eigenvalue weighted by molar-refractivity contribution is 0.326. The number of anilines is 2. The number of guanidine groups is 1. The molecule has 0 saturated carbocycles. The molecule has 1 fully saturated rings. The Morgan fingerprint density at radius 2 is 1.97 bits per heavy atom. The van der Waals surface area contributed by atoms with Crippen LogP contribution in [0.3, 0.4) is 0 Å². The molecule has 0 spiro atoms. The van der Waals surface area contributed by atoms with Crippen LogP contribution in [0.5, 0.6) is 5.75 Å². The number of halogens is 1. The summed E-state index contributed by atoms with van der Waals surface area (Å²) in [6, 6.07) is 6.71. The number of sulfonamides is 1. The minimum absolute atomic E-state index is 0. The maximum Gasteiger partial charge on any atom is 0.229 e. The molecule has 1 aromatic carbocycles. The number of thiazole rings is 1. The Hall–Kier alpha value is -1.80. The van der Waals surface area contributed by atoms with Crippen LogP contribution in [-0.4, -0.2) is 69.8 Å². The SMILES string of the molecule is CS(=O)(=O)Nc1ccc(OCCN=C(N)N2CCN(c3nccs3)CC2)cc1.I. The average molecular weight is 552 g/mol. The van der Waals surface area contributed by atoms with Gasteiger partial charge in [0.2, 0.25) is 10.0 Å². The number of nitrogens with two attached hydrogens (primary N) is 1. The van der Waals surface area contributed by atoms with Crippen molar-refractivity contribution in [3.63, 3.8) is 0 Å². The first-order valence-electron chi connectivity index (χ1n) is 8.81. The Kier molecular flexibility index (Phi) is 8.77. The fraction of sp³-hybridized carbons (Fsp3) is 0.412. The van der Waals surface area contributed by atoms with Crippen molar-refractivity contribution >= 4 is 62.1 Å². The van der Waals surface area contributed by atoms with E-state index in [4.69, 9.17) is 10.5 Å². The van der Waals surface area contributed by atoms with Crippen LogP contribution in [0, 0.1) is 0 Å². The van der Waals surface area contributed by atoms with Gasteiger partial charge < -0.3 is 20.3 Å². The van der Waals surface area contributed by atoms with Gasteiger partial charge in [-0.05, 0) is 24.3 Å². The summed E-state index contributed by atoms with van der Waals surface area (Å²) in [5.41, 5.74) is 6.59. The second-order valence-corrected chi connectivity index (χ2v) is 8.90. The zero-order chi connectivity index (χ0) is 20.0. The Morgan fingerprint density at radius 1 is 1.28 bits per heavy atom. The van der Waals surface area contributed by atoms with Crippen molar-refractivity contribution in [1.29, 1.82) is 0 Å². The molecule has 0 unspecified atom stereocenters. The van der Waals surface area contributed by atoms with Gasteiger partial charge in [0, 0.05) is 43.4 Å². The van der Waals surface area contributed by atoms with E-state index in [0.29, 0.717) is 30.5 Å². The highest BCUT2D eigenvalue weighted by molar-refractivity contribution is 14.0. The Balaban J connectivity index is 0.00000300. The highest BCUT2D eigenvalue weighted by Crippen LogP contribution is 2.19. The van der Waals surface area contributed by atoms with Crippen LogP contribution in [0.1, 0.15) is 0 Å². The van der Waals surface area contributed by atoms with Gasteiger partial charge in [0.25, 0.3) is 0 Å². The minimum Gasteiger partial charge on any atom is -0.492 e. The van der Waals surface area contributed by atoms with Crippen LogP contribution >= 0.6 is 35.3 Å². The number of rotatable bonds is 7. The molecule has 12 heteroatoms. The molecule has 29 heavy (non-hydrogen) atoms. The molecule has 0 atom stereocenters. The van der Waals surface area contributed by atoms with Crippen molar-refractivity contribution in [3.05, 3.63) is 35.8 Å². The van der Waals surface area contributed by atoms with Crippen molar-refractivity contribution in [2.75, 3.05) is 55.2 Å². The van der Waals surface area contributed by atoms with Gasteiger partial charge in [-0.2, -0.15) is 0 Å². The van der Waals surface area contributed by atoms with E-state index in [1.807, 2.05) is 11.6 Å². The number of nitrogens with one attached hydrogen (secondary N) is 1. The number of piperazine rings is 1. The summed E-state index contributed by atoms with van der Waals surface area (Å²) in [4.78, 5) is 13.0. The summed E-state index contributed by atoms with van der Waals surface area (Å²) in [7, 11) is -3.28. The molecular formula is C17H25IN6O3S2. The number of aliphatic imine (C=N–C) groups is 1. The Labute approximate surface area is 192 Å². The molecule has 1 aliphatic rings. The molecule has 1 aromatic heterocycles. The van der Waals surface area contributed by atoms with Crippen LogP contribution in [0.2, 0.25) is 0 Å². The molecule has 1 saturated heterocycles. The first kappa shape index (κ1) is 23.5. The van der Waals surface area contributed by atoms with Gasteiger partial charge >= 0.3 is 0 Å². The summed E-state index contributed by atoms with van der Waals surface area (Å²) in [5, 5.41) is 3.02. The Bertz CT molecular complexity index is 882. The van der Waals surface area contributed by atoms with Gasteiger partial charge in [-0.15, -0.1) is 35.3 Å². The predicted octanol–water partition coefficient (Wildman–Crippen LogP) is 1.65. The molecule has 160 valence electrons. The molecule has 2 heterocycles. The monoisotopic (exact) mass is 552 g/mol. The molecule has 1 aliphatic heterocycles. The van der Waals surface area contributed by atoms with Gasteiger partial charge in [-0.1, -0.05) is 0 Å². The first-order chi connectivity index (χ1) is 13.4. The van der Waals surface area contributed by atoms with E-state index in [1.165, 1.54) is 0 Å². The number of aromatic nitrogens is 1. The summed E-state index contributed by atoms with van der Waals surface area (Å²) < 4.78 is 30.4. The van der Waals surface area contributed by atoms with Gasteiger partial charge in [-0.3, -0.25) is 4.72 Å². The predicted molar refractivity (Wildman–Crippen MR) is 128 cm³/mol. The maximum absolute atomic E-state index is 11.2. The van der Waals surface area contributed by atoms with Gasteiger partial charge in [-0.25, -0.2) is 18.4 Å². The highest BCUT2D eigenvalue weighted by atomic mass is 127. The van der Waals surface area contributed by atoms with E-state index in [2.05, 4.69) is 24.5 Å². The third-order valence-electron chi connectivity index (χ3n) is 4.08. The van der Waals surface area contributed by atoms with E-state index < -0.39 is 10.0 Å².